The highest BCUT2D eigenvalue weighted by Gasteiger charge is 2.16. The van der Waals surface area contributed by atoms with Crippen molar-refractivity contribution in [2.75, 3.05) is 13.2 Å². The molecule has 1 heterocycles. The molecule has 5 nitrogen and oxygen atoms in total. The molecular weight excluding hydrogens is 378 g/mol. The molecule has 0 spiro atoms. The van der Waals surface area contributed by atoms with E-state index in [1.807, 2.05) is 6.07 Å². The summed E-state index contributed by atoms with van der Waals surface area (Å²) in [7, 11) is 0. The smallest absolute Gasteiger partial charge is 0.343 e. The monoisotopic (exact) mass is 415 g/mol. The number of rotatable bonds is 14. The molecule has 0 fully saturated rings. The average molecular weight is 416 g/mol. The molecule has 0 amide bonds. The Labute approximate surface area is 180 Å². The van der Waals surface area contributed by atoms with Gasteiger partial charge in [0.15, 0.2) is 0 Å². The summed E-state index contributed by atoms with van der Waals surface area (Å²) in [4.78, 5) is 27.9. The molecule has 0 bridgehead atoms. The van der Waals surface area contributed by atoms with Gasteiger partial charge in [-0.3, -0.25) is 4.79 Å². The van der Waals surface area contributed by atoms with E-state index in [9.17, 15) is 9.59 Å². The number of fused-ring (bicyclic) bond motifs is 1. The van der Waals surface area contributed by atoms with Crippen LogP contribution in [-0.2, 0) is 11.2 Å². The molecule has 0 radical (unpaired) electrons. The standard InChI is InChI=1S/C25H37NO4/c1-4-7-8-9-10-11-12-13-15-30-23-17-20-22(16-19(23)14-5-2)26-18-21(24(20)27)25(28)29-6-3/h16-18H,4-15H2,1-3H3,(H,26,27). The molecule has 1 aromatic heterocycles. The number of benzene rings is 1. The van der Waals surface area contributed by atoms with E-state index < -0.39 is 5.97 Å². The van der Waals surface area contributed by atoms with Crippen molar-refractivity contribution in [2.45, 2.75) is 85.0 Å². The number of carbonyl (C=O) groups excluding carboxylic acids is 1. The van der Waals surface area contributed by atoms with Crippen LogP contribution in [0.5, 0.6) is 5.75 Å². The lowest BCUT2D eigenvalue weighted by Crippen LogP contribution is -2.18. The van der Waals surface area contributed by atoms with Crippen LogP contribution in [0.2, 0.25) is 0 Å². The van der Waals surface area contributed by atoms with Gasteiger partial charge in [-0.2, -0.15) is 0 Å². The summed E-state index contributed by atoms with van der Waals surface area (Å²) >= 11 is 0. The molecule has 0 atom stereocenters. The highest BCUT2D eigenvalue weighted by molar-refractivity contribution is 5.94. The van der Waals surface area contributed by atoms with Gasteiger partial charge >= 0.3 is 5.97 Å². The summed E-state index contributed by atoms with van der Waals surface area (Å²) in [6.45, 7) is 6.97. The topological polar surface area (TPSA) is 68.4 Å². The first-order valence-corrected chi connectivity index (χ1v) is 11.6. The molecule has 1 N–H and O–H groups in total. The maximum absolute atomic E-state index is 12.8. The van der Waals surface area contributed by atoms with Gasteiger partial charge < -0.3 is 14.5 Å². The number of pyridine rings is 1. The zero-order valence-electron chi connectivity index (χ0n) is 18.9. The summed E-state index contributed by atoms with van der Waals surface area (Å²) in [6, 6.07) is 3.75. The zero-order chi connectivity index (χ0) is 21.8. The minimum Gasteiger partial charge on any atom is -0.493 e. The van der Waals surface area contributed by atoms with Gasteiger partial charge in [-0.25, -0.2) is 4.79 Å². The van der Waals surface area contributed by atoms with Crippen LogP contribution in [0.3, 0.4) is 0 Å². The SMILES string of the molecule is CCCCCCCCCCOc1cc2c(=O)c(C(=O)OCC)c[nH]c2cc1CCC. The molecule has 5 heteroatoms. The summed E-state index contributed by atoms with van der Waals surface area (Å²) in [5.74, 6) is 0.151. The minimum atomic E-state index is -0.598. The maximum Gasteiger partial charge on any atom is 0.343 e. The predicted octanol–water partition coefficient (Wildman–Crippen LogP) is 6.18. The first kappa shape index (κ1) is 24.0. The van der Waals surface area contributed by atoms with E-state index in [2.05, 4.69) is 18.8 Å². The second-order valence-electron chi connectivity index (χ2n) is 7.83. The quantitative estimate of drug-likeness (QED) is 0.296. The molecular formula is C25H37NO4. The molecule has 0 unspecified atom stereocenters. The van der Waals surface area contributed by atoms with Gasteiger partial charge in [0, 0.05) is 11.7 Å². The van der Waals surface area contributed by atoms with E-state index in [-0.39, 0.29) is 17.6 Å². The van der Waals surface area contributed by atoms with Crippen molar-refractivity contribution in [1.29, 1.82) is 0 Å². The van der Waals surface area contributed by atoms with Crippen molar-refractivity contribution >= 4 is 16.9 Å². The molecule has 0 saturated heterocycles. The molecule has 0 aliphatic carbocycles. The number of esters is 1. The van der Waals surface area contributed by atoms with Crippen LogP contribution in [-0.4, -0.2) is 24.2 Å². The van der Waals surface area contributed by atoms with Crippen LogP contribution in [0.15, 0.2) is 23.1 Å². The fraction of sp³-hybridized carbons (Fsp3) is 0.600. The largest absolute Gasteiger partial charge is 0.493 e. The van der Waals surface area contributed by atoms with Gasteiger partial charge in [0.25, 0.3) is 0 Å². The highest BCUT2D eigenvalue weighted by atomic mass is 16.5. The van der Waals surface area contributed by atoms with Gasteiger partial charge in [0.05, 0.1) is 18.6 Å². The van der Waals surface area contributed by atoms with E-state index >= 15 is 0 Å². The lowest BCUT2D eigenvalue weighted by atomic mass is 10.0. The van der Waals surface area contributed by atoms with Crippen LogP contribution >= 0.6 is 0 Å². The summed E-state index contributed by atoms with van der Waals surface area (Å²) < 4.78 is 11.1. The maximum atomic E-state index is 12.8. The first-order chi connectivity index (χ1) is 14.6. The number of aryl methyl sites for hydroxylation is 1. The van der Waals surface area contributed by atoms with Crippen LogP contribution in [0, 0.1) is 0 Å². The van der Waals surface area contributed by atoms with Gasteiger partial charge in [-0.15, -0.1) is 0 Å². The highest BCUT2D eigenvalue weighted by Crippen LogP contribution is 2.25. The molecule has 2 aromatic rings. The van der Waals surface area contributed by atoms with Crippen LogP contribution in [0.1, 0.15) is 94.5 Å². The van der Waals surface area contributed by atoms with E-state index in [4.69, 9.17) is 9.47 Å². The third-order valence-electron chi connectivity index (χ3n) is 5.33. The van der Waals surface area contributed by atoms with E-state index in [0.29, 0.717) is 12.0 Å². The van der Waals surface area contributed by atoms with Crippen LogP contribution < -0.4 is 10.2 Å². The van der Waals surface area contributed by atoms with E-state index in [0.717, 1.165) is 42.5 Å². The fourth-order valence-corrected chi connectivity index (χ4v) is 3.67. The van der Waals surface area contributed by atoms with Gasteiger partial charge in [0.2, 0.25) is 5.43 Å². The number of carbonyl (C=O) groups is 1. The molecule has 1 aromatic carbocycles. The van der Waals surface area contributed by atoms with E-state index in [1.54, 1.807) is 13.0 Å². The molecule has 166 valence electrons. The normalized spacial score (nSPS) is 11.0. The Morgan fingerprint density at radius 1 is 0.933 bits per heavy atom. The lowest BCUT2D eigenvalue weighted by molar-refractivity contribution is 0.0524. The Morgan fingerprint density at radius 2 is 1.63 bits per heavy atom. The lowest BCUT2D eigenvalue weighted by Gasteiger charge is -2.13. The molecule has 2 rings (SSSR count). The van der Waals surface area contributed by atoms with Crippen molar-refractivity contribution in [3.05, 3.63) is 39.7 Å². The van der Waals surface area contributed by atoms with E-state index in [1.165, 1.54) is 44.7 Å². The third-order valence-corrected chi connectivity index (χ3v) is 5.33. The zero-order valence-corrected chi connectivity index (χ0v) is 18.9. The number of aromatic amines is 1. The van der Waals surface area contributed by atoms with Crippen molar-refractivity contribution in [2.24, 2.45) is 0 Å². The van der Waals surface area contributed by atoms with Gasteiger partial charge in [0.1, 0.15) is 11.3 Å². The molecule has 30 heavy (non-hydrogen) atoms. The van der Waals surface area contributed by atoms with Crippen molar-refractivity contribution in [3.8, 4) is 5.75 Å². The summed E-state index contributed by atoms with van der Waals surface area (Å²) in [5, 5.41) is 0.464. The molecule has 0 aliphatic rings. The Balaban J connectivity index is 2.05. The fourth-order valence-electron chi connectivity index (χ4n) is 3.67. The summed E-state index contributed by atoms with van der Waals surface area (Å²) in [5.41, 5.74) is 1.52. The Morgan fingerprint density at radius 3 is 2.30 bits per heavy atom. The number of H-pyrrole nitrogens is 1. The summed E-state index contributed by atoms with van der Waals surface area (Å²) in [6.07, 6.45) is 13.3. The Hall–Kier alpha value is -2.30. The third kappa shape index (κ3) is 6.89. The number of aromatic nitrogens is 1. The number of hydrogen-bond donors (Lipinski definition) is 1. The number of hydrogen-bond acceptors (Lipinski definition) is 4. The van der Waals surface area contributed by atoms with Crippen molar-refractivity contribution < 1.29 is 14.3 Å². The van der Waals surface area contributed by atoms with Crippen molar-refractivity contribution in [1.82, 2.24) is 4.98 Å². The predicted molar refractivity (Wildman–Crippen MR) is 123 cm³/mol. The molecule has 0 aliphatic heterocycles. The average Bonchev–Trinajstić information content (AvgIpc) is 2.73. The number of nitrogens with one attached hydrogen (secondary N) is 1. The van der Waals surface area contributed by atoms with Crippen LogP contribution in [0.25, 0.3) is 10.9 Å². The minimum absolute atomic E-state index is 0.0293. The van der Waals surface area contributed by atoms with Gasteiger partial charge in [-0.05, 0) is 37.5 Å². The van der Waals surface area contributed by atoms with Crippen molar-refractivity contribution in [3.63, 3.8) is 0 Å². The second-order valence-corrected chi connectivity index (χ2v) is 7.83. The van der Waals surface area contributed by atoms with Crippen LogP contribution in [0.4, 0.5) is 0 Å². The number of unbranched alkanes of at least 4 members (excludes halogenated alkanes) is 7. The first-order valence-electron chi connectivity index (χ1n) is 11.6. The van der Waals surface area contributed by atoms with Gasteiger partial charge in [-0.1, -0.05) is 65.2 Å². The number of ether oxygens (including phenoxy) is 2. The second kappa shape index (κ2) is 13.1. The Kier molecular flexibility index (Phi) is 10.5. The molecule has 0 saturated carbocycles. The Bertz CT molecular complexity index is 856.